The van der Waals surface area contributed by atoms with Crippen molar-refractivity contribution < 1.29 is 4.74 Å². The highest BCUT2D eigenvalue weighted by Crippen LogP contribution is 2.36. The molecule has 1 aliphatic rings. The van der Waals surface area contributed by atoms with Gasteiger partial charge in [-0.25, -0.2) is 4.37 Å². The Morgan fingerprint density at radius 3 is 3.14 bits per heavy atom. The summed E-state index contributed by atoms with van der Waals surface area (Å²) in [5.74, 6) is 0.978. The first kappa shape index (κ1) is 8.00. The molecule has 1 aromatic heterocycles. The molecule has 1 aliphatic heterocycles. The summed E-state index contributed by atoms with van der Waals surface area (Å²) in [5, 5.41) is 0. The smallest absolute Gasteiger partial charge is 0.127 e. The molecule has 3 heteroatoms. The number of aromatic nitrogens is 1. The minimum atomic E-state index is 0.756. The zero-order valence-corrected chi connectivity index (χ0v) is 8.38. The van der Waals surface area contributed by atoms with Gasteiger partial charge in [0.05, 0.1) is 6.61 Å². The zero-order chi connectivity index (χ0) is 9.38. The quantitative estimate of drug-likeness (QED) is 0.656. The number of ether oxygens (including phenoxy) is 1. The number of nitrogens with zero attached hydrogens (tertiary/aromatic N) is 1. The van der Waals surface area contributed by atoms with Crippen molar-refractivity contribution in [3.63, 3.8) is 0 Å². The van der Waals surface area contributed by atoms with Gasteiger partial charge in [-0.2, -0.15) is 0 Å². The molecule has 0 bridgehead atoms. The second-order valence-corrected chi connectivity index (χ2v) is 4.14. The fourth-order valence-electron chi connectivity index (χ4n) is 1.73. The van der Waals surface area contributed by atoms with Gasteiger partial charge >= 0.3 is 0 Å². The van der Waals surface area contributed by atoms with E-state index in [1.165, 1.54) is 16.0 Å². The SMILES string of the molecule is c1ccc2c(c1)OCCc1sncc1-2. The van der Waals surface area contributed by atoms with Gasteiger partial charge in [0.25, 0.3) is 0 Å². The number of para-hydroxylation sites is 1. The van der Waals surface area contributed by atoms with E-state index in [2.05, 4.69) is 10.4 Å². The first-order valence-electron chi connectivity index (χ1n) is 4.61. The van der Waals surface area contributed by atoms with Gasteiger partial charge in [-0.15, -0.1) is 0 Å². The van der Waals surface area contributed by atoms with E-state index in [1.54, 1.807) is 11.5 Å². The van der Waals surface area contributed by atoms with Crippen LogP contribution in [0.5, 0.6) is 5.75 Å². The summed E-state index contributed by atoms with van der Waals surface area (Å²) >= 11 is 1.57. The highest BCUT2D eigenvalue weighted by Gasteiger charge is 2.16. The molecule has 3 rings (SSSR count). The molecule has 0 fully saturated rings. The Balaban J connectivity index is 2.27. The molecule has 70 valence electrons. The van der Waals surface area contributed by atoms with E-state index in [0.717, 1.165) is 18.8 Å². The van der Waals surface area contributed by atoms with Gasteiger partial charge in [0.2, 0.25) is 0 Å². The second-order valence-electron chi connectivity index (χ2n) is 3.26. The Morgan fingerprint density at radius 1 is 1.21 bits per heavy atom. The van der Waals surface area contributed by atoms with Crippen LogP contribution in [0.15, 0.2) is 30.5 Å². The third kappa shape index (κ3) is 1.13. The lowest BCUT2D eigenvalue weighted by Gasteiger charge is -2.05. The van der Waals surface area contributed by atoms with Gasteiger partial charge in [-0.3, -0.25) is 0 Å². The average Bonchev–Trinajstić information content (AvgIpc) is 2.61. The number of hydrogen-bond acceptors (Lipinski definition) is 3. The van der Waals surface area contributed by atoms with Crippen molar-refractivity contribution in [3.05, 3.63) is 35.3 Å². The Hall–Kier alpha value is -1.35. The van der Waals surface area contributed by atoms with Crippen LogP contribution in [-0.2, 0) is 6.42 Å². The van der Waals surface area contributed by atoms with E-state index in [1.807, 2.05) is 24.4 Å². The van der Waals surface area contributed by atoms with Crippen molar-refractivity contribution in [2.45, 2.75) is 6.42 Å². The fourth-order valence-corrected chi connectivity index (χ4v) is 2.45. The molecule has 0 saturated carbocycles. The van der Waals surface area contributed by atoms with Gasteiger partial charge in [0.15, 0.2) is 0 Å². The van der Waals surface area contributed by atoms with Gasteiger partial charge < -0.3 is 4.74 Å². The lowest BCUT2D eigenvalue weighted by atomic mass is 10.1. The van der Waals surface area contributed by atoms with Crippen LogP contribution in [0.4, 0.5) is 0 Å². The number of hydrogen-bond donors (Lipinski definition) is 0. The summed E-state index contributed by atoms with van der Waals surface area (Å²) < 4.78 is 9.90. The molecule has 0 N–H and O–H groups in total. The highest BCUT2D eigenvalue weighted by atomic mass is 32.1. The predicted molar refractivity (Wildman–Crippen MR) is 56.7 cm³/mol. The van der Waals surface area contributed by atoms with Crippen molar-refractivity contribution in [2.75, 3.05) is 6.61 Å². The molecule has 2 heterocycles. The maximum Gasteiger partial charge on any atom is 0.127 e. The van der Waals surface area contributed by atoms with Crippen LogP contribution in [0, 0.1) is 0 Å². The Morgan fingerprint density at radius 2 is 2.14 bits per heavy atom. The Kier molecular flexibility index (Phi) is 1.77. The van der Waals surface area contributed by atoms with Gasteiger partial charge in [0.1, 0.15) is 5.75 Å². The molecule has 0 unspecified atom stereocenters. The van der Waals surface area contributed by atoms with Crippen LogP contribution in [0.1, 0.15) is 4.88 Å². The molecule has 0 saturated heterocycles. The van der Waals surface area contributed by atoms with Gasteiger partial charge in [-0.1, -0.05) is 18.2 Å². The minimum absolute atomic E-state index is 0.756. The van der Waals surface area contributed by atoms with E-state index in [9.17, 15) is 0 Å². The molecule has 0 radical (unpaired) electrons. The maximum absolute atomic E-state index is 5.67. The molecule has 2 nitrogen and oxygen atoms in total. The Bertz CT molecular complexity index is 464. The van der Waals surface area contributed by atoms with Crippen LogP contribution >= 0.6 is 11.5 Å². The largest absolute Gasteiger partial charge is 0.493 e. The van der Waals surface area contributed by atoms with Gasteiger partial charge in [0, 0.05) is 28.6 Å². The standard InChI is InChI=1S/C11H9NOS/c1-2-4-10-8(3-1)9-7-12-14-11(9)5-6-13-10/h1-4,7H,5-6H2. The molecular weight excluding hydrogens is 194 g/mol. The topological polar surface area (TPSA) is 22.1 Å². The second kappa shape index (κ2) is 3.10. The highest BCUT2D eigenvalue weighted by molar-refractivity contribution is 7.06. The van der Waals surface area contributed by atoms with Crippen LogP contribution in [0.2, 0.25) is 0 Å². The maximum atomic E-state index is 5.67. The molecule has 0 atom stereocenters. The number of rotatable bonds is 0. The van der Waals surface area contributed by atoms with E-state index in [-0.39, 0.29) is 0 Å². The monoisotopic (exact) mass is 203 g/mol. The number of benzene rings is 1. The molecule has 0 spiro atoms. The van der Waals surface area contributed by atoms with Crippen molar-refractivity contribution >= 4 is 11.5 Å². The fraction of sp³-hybridized carbons (Fsp3) is 0.182. The van der Waals surface area contributed by atoms with E-state index in [0.29, 0.717) is 0 Å². The summed E-state index contributed by atoms with van der Waals surface area (Å²) in [7, 11) is 0. The summed E-state index contributed by atoms with van der Waals surface area (Å²) in [4.78, 5) is 1.33. The average molecular weight is 203 g/mol. The van der Waals surface area contributed by atoms with E-state index >= 15 is 0 Å². The number of fused-ring (bicyclic) bond motifs is 3. The molecule has 0 amide bonds. The summed E-state index contributed by atoms with van der Waals surface area (Å²) in [6, 6.07) is 8.15. The molecular formula is C11H9NOS. The minimum Gasteiger partial charge on any atom is -0.493 e. The summed E-state index contributed by atoms with van der Waals surface area (Å²) in [6.45, 7) is 0.756. The van der Waals surface area contributed by atoms with Crippen molar-refractivity contribution in [3.8, 4) is 16.9 Å². The summed E-state index contributed by atoms with van der Waals surface area (Å²) in [6.07, 6.45) is 2.90. The first-order chi connectivity index (χ1) is 6.95. The third-order valence-electron chi connectivity index (χ3n) is 2.41. The molecule has 0 aliphatic carbocycles. The Labute approximate surface area is 86.3 Å². The van der Waals surface area contributed by atoms with Crippen LogP contribution in [0.3, 0.4) is 0 Å². The molecule has 14 heavy (non-hydrogen) atoms. The lowest BCUT2D eigenvalue weighted by molar-refractivity contribution is 0.327. The van der Waals surface area contributed by atoms with Crippen LogP contribution in [0.25, 0.3) is 11.1 Å². The zero-order valence-electron chi connectivity index (χ0n) is 7.56. The van der Waals surface area contributed by atoms with Crippen molar-refractivity contribution in [1.29, 1.82) is 0 Å². The van der Waals surface area contributed by atoms with E-state index < -0.39 is 0 Å². The van der Waals surface area contributed by atoms with Crippen LogP contribution in [-0.4, -0.2) is 11.0 Å². The van der Waals surface area contributed by atoms with E-state index in [4.69, 9.17) is 4.74 Å². The molecule has 2 aromatic rings. The molecule has 1 aromatic carbocycles. The normalized spacial score (nSPS) is 13.7. The summed E-state index contributed by atoms with van der Waals surface area (Å²) in [5.41, 5.74) is 2.41. The third-order valence-corrected chi connectivity index (χ3v) is 3.26. The van der Waals surface area contributed by atoms with Gasteiger partial charge in [-0.05, 0) is 17.6 Å². The first-order valence-corrected chi connectivity index (χ1v) is 5.38. The predicted octanol–water partition coefficient (Wildman–Crippen LogP) is 2.75. The van der Waals surface area contributed by atoms with Crippen molar-refractivity contribution in [1.82, 2.24) is 4.37 Å². The van der Waals surface area contributed by atoms with Crippen molar-refractivity contribution in [2.24, 2.45) is 0 Å². The lowest BCUT2D eigenvalue weighted by Crippen LogP contribution is -1.97. The van der Waals surface area contributed by atoms with Crippen LogP contribution < -0.4 is 4.74 Å².